The van der Waals surface area contributed by atoms with Gasteiger partial charge in [0.2, 0.25) is 0 Å². The van der Waals surface area contributed by atoms with Crippen LogP contribution in [0.4, 0.5) is 10.7 Å². The van der Waals surface area contributed by atoms with E-state index in [1.54, 1.807) is 23.5 Å². The molecule has 3 aromatic rings. The van der Waals surface area contributed by atoms with Crippen molar-refractivity contribution in [3.05, 3.63) is 70.4 Å². The van der Waals surface area contributed by atoms with Crippen molar-refractivity contribution < 1.29 is 0 Å². The van der Waals surface area contributed by atoms with Gasteiger partial charge < -0.3 is 5.32 Å². The van der Waals surface area contributed by atoms with Crippen molar-refractivity contribution in [1.29, 1.82) is 0 Å². The summed E-state index contributed by atoms with van der Waals surface area (Å²) in [6.45, 7) is 1.99. The van der Waals surface area contributed by atoms with Crippen molar-refractivity contribution in [1.82, 2.24) is 0 Å². The van der Waals surface area contributed by atoms with Gasteiger partial charge in [-0.3, -0.25) is 4.79 Å². The Balaban J connectivity index is 2.15. The molecule has 1 heterocycles. The van der Waals surface area contributed by atoms with Gasteiger partial charge in [-0.1, -0.05) is 30.3 Å². The van der Waals surface area contributed by atoms with E-state index in [2.05, 4.69) is 5.32 Å². The Bertz CT molecular complexity index is 778. The van der Waals surface area contributed by atoms with Crippen molar-refractivity contribution in [2.75, 3.05) is 5.32 Å². The van der Waals surface area contributed by atoms with Gasteiger partial charge >= 0.3 is 0 Å². The minimum absolute atomic E-state index is 0.0786. The fourth-order valence-electron chi connectivity index (χ4n) is 2.10. The smallest absolute Gasteiger partial charge is 0.187 e. The molecule has 19 heavy (non-hydrogen) atoms. The third-order valence-corrected chi connectivity index (χ3v) is 4.23. The zero-order valence-corrected chi connectivity index (χ0v) is 11.3. The molecule has 2 nitrogen and oxygen atoms in total. The van der Waals surface area contributed by atoms with Crippen molar-refractivity contribution in [3.63, 3.8) is 0 Å². The molecule has 0 radical (unpaired) electrons. The van der Waals surface area contributed by atoms with Gasteiger partial charge in [-0.2, -0.15) is 0 Å². The molecule has 0 saturated carbocycles. The molecule has 0 atom stereocenters. The first kappa shape index (κ1) is 11.9. The van der Waals surface area contributed by atoms with Crippen LogP contribution in [0.2, 0.25) is 0 Å². The van der Waals surface area contributed by atoms with E-state index in [0.717, 1.165) is 26.3 Å². The number of fused-ring (bicyclic) bond motifs is 1. The zero-order chi connectivity index (χ0) is 13.2. The van der Waals surface area contributed by atoms with Gasteiger partial charge in [0.25, 0.3) is 0 Å². The molecule has 0 fully saturated rings. The van der Waals surface area contributed by atoms with E-state index in [9.17, 15) is 4.79 Å². The summed E-state index contributed by atoms with van der Waals surface area (Å²) in [7, 11) is 0. The van der Waals surface area contributed by atoms with Crippen molar-refractivity contribution in [2.24, 2.45) is 0 Å². The summed E-state index contributed by atoms with van der Waals surface area (Å²) in [4.78, 5) is 12.0. The Hall–Kier alpha value is -2.13. The van der Waals surface area contributed by atoms with Crippen molar-refractivity contribution in [3.8, 4) is 0 Å². The molecule has 0 aliphatic heterocycles. The summed E-state index contributed by atoms with van der Waals surface area (Å²) in [6.07, 6.45) is 0. The monoisotopic (exact) mass is 267 g/mol. The highest BCUT2D eigenvalue weighted by Gasteiger charge is 2.09. The van der Waals surface area contributed by atoms with Gasteiger partial charge in [0, 0.05) is 15.8 Å². The van der Waals surface area contributed by atoms with E-state index < -0.39 is 0 Å². The number of aryl methyl sites for hydroxylation is 1. The van der Waals surface area contributed by atoms with Crippen LogP contribution in [0.15, 0.2) is 59.4 Å². The van der Waals surface area contributed by atoms with Crippen molar-refractivity contribution in [2.45, 2.75) is 6.92 Å². The van der Waals surface area contributed by atoms with Crippen LogP contribution in [0.5, 0.6) is 0 Å². The minimum Gasteiger partial charge on any atom is -0.347 e. The molecule has 0 amide bonds. The molecule has 0 unspecified atom stereocenters. The summed E-state index contributed by atoms with van der Waals surface area (Å²) in [5.74, 6) is 0. The van der Waals surface area contributed by atoms with Gasteiger partial charge in [-0.15, -0.1) is 11.3 Å². The summed E-state index contributed by atoms with van der Waals surface area (Å²) >= 11 is 1.62. The van der Waals surface area contributed by atoms with Crippen molar-refractivity contribution >= 4 is 32.1 Å². The van der Waals surface area contributed by atoms with E-state index in [1.807, 2.05) is 49.4 Å². The van der Waals surface area contributed by atoms with Crippen LogP contribution in [-0.2, 0) is 0 Å². The predicted octanol–water partition coefficient (Wildman–Crippen LogP) is 4.31. The fraction of sp³-hybridized carbons (Fsp3) is 0.0625. The largest absolute Gasteiger partial charge is 0.347 e. The maximum atomic E-state index is 12.0. The molecule has 0 bridgehead atoms. The SMILES string of the molecule is Cc1c(Nc2ccccc2)sc2ccccc(=O)c12. The third-order valence-electron chi connectivity index (χ3n) is 3.06. The van der Waals surface area contributed by atoms with Crippen LogP contribution in [0.3, 0.4) is 0 Å². The molecule has 0 aliphatic rings. The number of benzene rings is 1. The van der Waals surface area contributed by atoms with E-state index in [-0.39, 0.29) is 5.43 Å². The highest BCUT2D eigenvalue weighted by molar-refractivity contribution is 7.23. The summed E-state index contributed by atoms with van der Waals surface area (Å²) in [5, 5.41) is 5.22. The van der Waals surface area contributed by atoms with E-state index in [0.29, 0.717) is 0 Å². The Kier molecular flexibility index (Phi) is 3.05. The molecule has 3 rings (SSSR count). The molecule has 1 N–H and O–H groups in total. The first-order valence-electron chi connectivity index (χ1n) is 6.10. The lowest BCUT2D eigenvalue weighted by atomic mass is 10.2. The molecular weight excluding hydrogens is 254 g/mol. The van der Waals surface area contributed by atoms with Crippen LogP contribution in [0.25, 0.3) is 10.1 Å². The van der Waals surface area contributed by atoms with Crippen LogP contribution in [0.1, 0.15) is 5.56 Å². The van der Waals surface area contributed by atoms with Gasteiger partial charge in [0.15, 0.2) is 5.43 Å². The normalized spacial score (nSPS) is 10.6. The van der Waals surface area contributed by atoms with Crippen LogP contribution in [0, 0.1) is 6.92 Å². The summed E-state index contributed by atoms with van der Waals surface area (Å²) in [5.41, 5.74) is 2.13. The number of anilines is 2. The first-order chi connectivity index (χ1) is 9.25. The van der Waals surface area contributed by atoms with Crippen LogP contribution in [-0.4, -0.2) is 0 Å². The summed E-state index contributed by atoms with van der Waals surface area (Å²) in [6, 6.07) is 17.3. The molecular formula is C16H13NOS. The van der Waals surface area contributed by atoms with Crippen LogP contribution < -0.4 is 10.7 Å². The Morgan fingerprint density at radius 1 is 0.947 bits per heavy atom. The Morgan fingerprint density at radius 2 is 1.63 bits per heavy atom. The number of hydrogen-bond donors (Lipinski definition) is 1. The van der Waals surface area contributed by atoms with Gasteiger partial charge in [0.05, 0.1) is 5.00 Å². The molecule has 1 aromatic heterocycles. The highest BCUT2D eigenvalue weighted by atomic mass is 32.1. The quantitative estimate of drug-likeness (QED) is 0.749. The highest BCUT2D eigenvalue weighted by Crippen LogP contribution is 2.34. The maximum absolute atomic E-state index is 12.0. The first-order valence-corrected chi connectivity index (χ1v) is 6.92. The molecule has 3 heteroatoms. The van der Waals surface area contributed by atoms with E-state index in [4.69, 9.17) is 0 Å². The number of nitrogens with one attached hydrogen (secondary N) is 1. The van der Waals surface area contributed by atoms with E-state index in [1.165, 1.54) is 0 Å². The molecule has 2 aromatic carbocycles. The molecule has 94 valence electrons. The maximum Gasteiger partial charge on any atom is 0.187 e. The lowest BCUT2D eigenvalue weighted by molar-refractivity contribution is 1.52. The second kappa shape index (κ2) is 4.86. The molecule has 0 saturated heterocycles. The number of hydrogen-bond acceptors (Lipinski definition) is 3. The van der Waals surface area contributed by atoms with Gasteiger partial charge in [-0.25, -0.2) is 0 Å². The second-order valence-electron chi connectivity index (χ2n) is 4.37. The third kappa shape index (κ3) is 2.25. The number of thiophene rings is 1. The van der Waals surface area contributed by atoms with E-state index >= 15 is 0 Å². The average Bonchev–Trinajstić information content (AvgIpc) is 2.61. The minimum atomic E-state index is 0.0786. The Morgan fingerprint density at radius 3 is 2.42 bits per heavy atom. The zero-order valence-electron chi connectivity index (χ0n) is 10.5. The number of rotatable bonds is 2. The Labute approximate surface area is 115 Å². The number of para-hydroxylation sites is 1. The van der Waals surface area contributed by atoms with Gasteiger partial charge in [-0.05, 0) is 36.8 Å². The topological polar surface area (TPSA) is 29.1 Å². The van der Waals surface area contributed by atoms with Crippen LogP contribution >= 0.6 is 11.3 Å². The lowest BCUT2D eigenvalue weighted by Crippen LogP contribution is -1.95. The fourth-order valence-corrected chi connectivity index (χ4v) is 3.25. The molecule has 0 aliphatic carbocycles. The van der Waals surface area contributed by atoms with Gasteiger partial charge in [0.1, 0.15) is 0 Å². The standard InChI is InChI=1S/C16H13NOS/c1-11-15-13(18)9-5-6-10-14(15)19-16(11)17-12-7-3-2-4-8-12/h2-10,17H,1H3. The lowest BCUT2D eigenvalue weighted by Gasteiger charge is -2.04. The summed E-state index contributed by atoms with van der Waals surface area (Å²) < 4.78 is 1.02. The predicted molar refractivity (Wildman–Crippen MR) is 82.6 cm³/mol. The average molecular weight is 267 g/mol. The second-order valence-corrected chi connectivity index (χ2v) is 5.42. The molecule has 0 spiro atoms.